The molecule has 1 saturated carbocycles. The maximum atomic E-state index is 13.8. The molecule has 4 atom stereocenters. The average molecular weight is 488 g/mol. The minimum atomic E-state index is -0.971. The van der Waals surface area contributed by atoms with E-state index in [-0.39, 0.29) is 30.1 Å². The summed E-state index contributed by atoms with van der Waals surface area (Å²) in [5.41, 5.74) is -1.64. The number of nitrogens with one attached hydrogen (secondary N) is 2. The van der Waals surface area contributed by atoms with Gasteiger partial charge in [-0.1, -0.05) is 12.8 Å². The lowest BCUT2D eigenvalue weighted by atomic mass is 9.94. The van der Waals surface area contributed by atoms with Crippen LogP contribution in [0.4, 0.5) is 4.79 Å². The van der Waals surface area contributed by atoms with Crippen LogP contribution in [0.25, 0.3) is 0 Å². The van der Waals surface area contributed by atoms with E-state index in [9.17, 15) is 24.4 Å². The van der Waals surface area contributed by atoms with Crippen LogP contribution in [0.1, 0.15) is 72.1 Å². The SMILES string of the molecule is CC(C)(C)OC(=O)N1CCCC12CCN([C@@H](CC1CC1)C(=O)N[C@@H](C#N)C[C@H]1CCNC1=O)C2=O. The molecule has 10 heteroatoms. The number of nitriles is 1. The zero-order chi connectivity index (χ0) is 25.4. The summed E-state index contributed by atoms with van der Waals surface area (Å²) in [5.74, 6) is -0.560. The zero-order valence-corrected chi connectivity index (χ0v) is 21.0. The first-order chi connectivity index (χ1) is 16.5. The van der Waals surface area contributed by atoms with E-state index in [1.807, 2.05) is 0 Å². The number of rotatable bonds is 7. The third kappa shape index (κ3) is 5.39. The van der Waals surface area contributed by atoms with Crippen molar-refractivity contribution in [3.8, 4) is 6.07 Å². The van der Waals surface area contributed by atoms with Crippen LogP contribution in [0, 0.1) is 23.2 Å². The Morgan fingerprint density at radius 1 is 1.20 bits per heavy atom. The molecule has 1 unspecified atom stereocenters. The Kier molecular flexibility index (Phi) is 6.98. The van der Waals surface area contributed by atoms with Crippen molar-refractivity contribution in [2.75, 3.05) is 19.6 Å². The van der Waals surface area contributed by atoms with Gasteiger partial charge < -0.3 is 20.3 Å². The minimum absolute atomic E-state index is 0.0887. The normalized spacial score (nSPS) is 28.1. The molecule has 3 saturated heterocycles. The first kappa shape index (κ1) is 25.3. The van der Waals surface area contributed by atoms with Crippen molar-refractivity contribution < 1.29 is 23.9 Å². The van der Waals surface area contributed by atoms with Gasteiger partial charge in [0.1, 0.15) is 23.2 Å². The van der Waals surface area contributed by atoms with Crippen molar-refractivity contribution >= 4 is 23.8 Å². The Morgan fingerprint density at radius 3 is 2.54 bits per heavy atom. The van der Waals surface area contributed by atoms with Crippen LogP contribution in [0.5, 0.6) is 0 Å². The molecule has 0 aromatic rings. The van der Waals surface area contributed by atoms with Crippen LogP contribution in [-0.4, -0.2) is 76.5 Å². The van der Waals surface area contributed by atoms with E-state index in [0.29, 0.717) is 57.7 Å². The Balaban J connectivity index is 1.48. The second-order valence-electron chi connectivity index (χ2n) is 11.4. The van der Waals surface area contributed by atoms with Crippen LogP contribution in [-0.2, 0) is 19.1 Å². The molecule has 1 aliphatic carbocycles. The van der Waals surface area contributed by atoms with Crippen molar-refractivity contribution in [3.05, 3.63) is 0 Å². The molecule has 0 aromatic heterocycles. The van der Waals surface area contributed by atoms with Crippen LogP contribution in [0.15, 0.2) is 0 Å². The van der Waals surface area contributed by atoms with Gasteiger partial charge in [0.25, 0.3) is 0 Å². The van der Waals surface area contributed by atoms with Crippen molar-refractivity contribution in [1.29, 1.82) is 5.26 Å². The van der Waals surface area contributed by atoms with Gasteiger partial charge in [0, 0.05) is 25.6 Å². The molecule has 4 rings (SSSR count). The fraction of sp³-hybridized carbons (Fsp3) is 0.800. The molecule has 3 aliphatic heterocycles. The number of hydrogen-bond acceptors (Lipinski definition) is 6. The standard InChI is InChI=1S/C25H37N5O5/c1-24(2,3)35-23(34)30-11-4-8-25(30)9-12-29(22(25)33)19(13-16-5-6-16)21(32)28-18(15-26)14-17-7-10-27-20(17)31/h16-19H,4-14H2,1-3H3,(H,27,31)(H,28,32)/t17-,18-,19+,25?/m1/s1. The summed E-state index contributed by atoms with van der Waals surface area (Å²) in [6.45, 7) is 6.81. The summed E-state index contributed by atoms with van der Waals surface area (Å²) in [7, 11) is 0. The molecule has 2 N–H and O–H groups in total. The van der Waals surface area contributed by atoms with Gasteiger partial charge in [-0.25, -0.2) is 4.79 Å². The summed E-state index contributed by atoms with van der Waals surface area (Å²) in [6, 6.07) is 0.626. The monoisotopic (exact) mass is 487 g/mol. The molecule has 35 heavy (non-hydrogen) atoms. The Morgan fingerprint density at radius 2 is 1.94 bits per heavy atom. The Bertz CT molecular complexity index is 920. The molecule has 3 heterocycles. The highest BCUT2D eigenvalue weighted by Crippen LogP contribution is 2.42. The first-order valence-electron chi connectivity index (χ1n) is 12.8. The van der Waals surface area contributed by atoms with Gasteiger partial charge in [-0.2, -0.15) is 5.26 Å². The number of likely N-dealkylation sites (tertiary alicyclic amines) is 2. The second-order valence-corrected chi connectivity index (χ2v) is 11.4. The summed E-state index contributed by atoms with van der Waals surface area (Å²) in [5, 5.41) is 15.2. The van der Waals surface area contributed by atoms with Gasteiger partial charge >= 0.3 is 6.09 Å². The number of nitrogens with zero attached hydrogens (tertiary/aromatic N) is 3. The summed E-state index contributed by atoms with van der Waals surface area (Å²) < 4.78 is 5.58. The highest BCUT2D eigenvalue weighted by molar-refractivity contribution is 5.96. The maximum Gasteiger partial charge on any atom is 0.411 e. The highest BCUT2D eigenvalue weighted by Gasteiger charge is 2.58. The number of hydrogen-bond donors (Lipinski definition) is 2. The lowest BCUT2D eigenvalue weighted by Crippen LogP contribution is -2.57. The van der Waals surface area contributed by atoms with Crippen molar-refractivity contribution in [2.45, 2.75) is 95.4 Å². The third-order valence-electron chi connectivity index (χ3n) is 7.62. The van der Waals surface area contributed by atoms with Gasteiger partial charge in [-0.05, 0) is 65.2 Å². The molecular weight excluding hydrogens is 450 g/mol. The maximum absolute atomic E-state index is 13.8. The lowest BCUT2D eigenvalue weighted by molar-refractivity contribution is -0.143. The molecular formula is C25H37N5O5. The number of carbonyl (C=O) groups excluding carboxylic acids is 4. The van der Waals surface area contributed by atoms with Gasteiger partial charge in [-0.3, -0.25) is 19.3 Å². The summed E-state index contributed by atoms with van der Waals surface area (Å²) in [4.78, 5) is 55.3. The minimum Gasteiger partial charge on any atom is -0.444 e. The van der Waals surface area contributed by atoms with Gasteiger partial charge in [0.2, 0.25) is 17.7 Å². The molecule has 4 amide bonds. The molecule has 0 aromatic carbocycles. The van der Waals surface area contributed by atoms with E-state index in [2.05, 4.69) is 16.7 Å². The molecule has 1 spiro atoms. The van der Waals surface area contributed by atoms with E-state index >= 15 is 0 Å². The Labute approximate surface area is 206 Å². The predicted molar refractivity (Wildman–Crippen MR) is 126 cm³/mol. The van der Waals surface area contributed by atoms with E-state index in [0.717, 1.165) is 12.8 Å². The molecule has 0 radical (unpaired) electrons. The predicted octanol–water partition coefficient (Wildman–Crippen LogP) is 1.69. The Hall–Kier alpha value is -2.83. The fourth-order valence-corrected chi connectivity index (χ4v) is 5.63. The largest absolute Gasteiger partial charge is 0.444 e. The molecule has 192 valence electrons. The zero-order valence-electron chi connectivity index (χ0n) is 21.0. The molecule has 0 bridgehead atoms. The van der Waals surface area contributed by atoms with Gasteiger partial charge in [0.05, 0.1) is 6.07 Å². The summed E-state index contributed by atoms with van der Waals surface area (Å²) >= 11 is 0. The first-order valence-corrected chi connectivity index (χ1v) is 12.8. The number of ether oxygens (including phenoxy) is 1. The third-order valence-corrected chi connectivity index (χ3v) is 7.62. The summed E-state index contributed by atoms with van der Waals surface area (Å²) in [6.07, 6.45) is 4.71. The van der Waals surface area contributed by atoms with E-state index in [1.165, 1.54) is 0 Å². The fourth-order valence-electron chi connectivity index (χ4n) is 5.63. The number of amides is 4. The van der Waals surface area contributed by atoms with Crippen molar-refractivity contribution in [2.24, 2.45) is 11.8 Å². The number of carbonyl (C=O) groups is 4. The molecule has 4 aliphatic rings. The topological polar surface area (TPSA) is 132 Å². The van der Waals surface area contributed by atoms with Crippen LogP contribution < -0.4 is 10.6 Å². The van der Waals surface area contributed by atoms with Gasteiger partial charge in [0.15, 0.2) is 0 Å². The van der Waals surface area contributed by atoms with E-state index in [4.69, 9.17) is 4.74 Å². The average Bonchev–Trinajstić information content (AvgIpc) is 3.21. The van der Waals surface area contributed by atoms with Gasteiger partial charge in [-0.15, -0.1) is 0 Å². The smallest absolute Gasteiger partial charge is 0.411 e. The highest BCUT2D eigenvalue weighted by atomic mass is 16.6. The molecule has 4 fully saturated rings. The van der Waals surface area contributed by atoms with Crippen molar-refractivity contribution in [1.82, 2.24) is 20.4 Å². The van der Waals surface area contributed by atoms with Crippen LogP contribution in [0.3, 0.4) is 0 Å². The van der Waals surface area contributed by atoms with Crippen molar-refractivity contribution in [3.63, 3.8) is 0 Å². The van der Waals surface area contributed by atoms with E-state index < -0.39 is 29.3 Å². The molecule has 10 nitrogen and oxygen atoms in total. The lowest BCUT2D eigenvalue weighted by Gasteiger charge is -2.36. The quantitative estimate of drug-likeness (QED) is 0.562. The van der Waals surface area contributed by atoms with Crippen LogP contribution >= 0.6 is 0 Å². The van der Waals surface area contributed by atoms with E-state index in [1.54, 1.807) is 30.6 Å². The second kappa shape index (κ2) is 9.67. The van der Waals surface area contributed by atoms with Crippen LogP contribution in [0.2, 0.25) is 0 Å².